The maximum atomic E-state index is 10.9. The van der Waals surface area contributed by atoms with Crippen LogP contribution in [0, 0.1) is 0 Å². The van der Waals surface area contributed by atoms with E-state index in [0.29, 0.717) is 6.54 Å². The van der Waals surface area contributed by atoms with Crippen molar-refractivity contribution in [2.24, 2.45) is 7.05 Å². The number of rotatable bonds is 5. The van der Waals surface area contributed by atoms with Crippen LogP contribution in [0.1, 0.15) is 11.7 Å². The molecule has 2 heterocycles. The van der Waals surface area contributed by atoms with Gasteiger partial charge in [0, 0.05) is 74.2 Å². The Morgan fingerprint density at radius 3 is 2.59 bits per heavy atom. The number of hydrogen-bond donors (Lipinski definition) is 1. The Hall–Kier alpha value is -2.50. The lowest BCUT2D eigenvalue weighted by molar-refractivity contribution is 0.110. The van der Waals surface area contributed by atoms with Gasteiger partial charge in [0.15, 0.2) is 0 Å². The number of aliphatic hydroxyl groups is 1. The number of aliphatic hydroxyl groups excluding tert-OH is 1. The van der Waals surface area contributed by atoms with E-state index < -0.39 is 6.10 Å². The summed E-state index contributed by atoms with van der Waals surface area (Å²) >= 11 is 0. The zero-order valence-corrected chi connectivity index (χ0v) is 16.0. The third kappa shape index (κ3) is 3.66. The van der Waals surface area contributed by atoms with E-state index in [2.05, 4.69) is 44.8 Å². The van der Waals surface area contributed by atoms with Gasteiger partial charge in [0.25, 0.3) is 0 Å². The summed E-state index contributed by atoms with van der Waals surface area (Å²) in [5.41, 5.74) is 3.38. The van der Waals surface area contributed by atoms with Gasteiger partial charge in [-0.1, -0.05) is 24.3 Å². The number of methoxy groups -OCH3 is 1. The molecule has 1 fully saturated rings. The average Bonchev–Trinajstić information content (AvgIpc) is 3.06. The van der Waals surface area contributed by atoms with Crippen molar-refractivity contribution in [1.29, 1.82) is 0 Å². The molecule has 0 unspecified atom stereocenters. The van der Waals surface area contributed by atoms with Crippen LogP contribution in [0.2, 0.25) is 0 Å². The Bertz CT molecular complexity index is 913. The van der Waals surface area contributed by atoms with Gasteiger partial charge >= 0.3 is 0 Å². The first kappa shape index (κ1) is 17.9. The molecule has 142 valence electrons. The van der Waals surface area contributed by atoms with E-state index in [1.807, 2.05) is 31.3 Å². The van der Waals surface area contributed by atoms with Crippen LogP contribution < -0.4 is 9.64 Å². The summed E-state index contributed by atoms with van der Waals surface area (Å²) in [5.74, 6) is 0.890. The zero-order chi connectivity index (χ0) is 18.8. The highest BCUT2D eigenvalue weighted by Gasteiger charge is 2.22. The Balaban J connectivity index is 1.40. The van der Waals surface area contributed by atoms with Crippen LogP contribution in [-0.4, -0.2) is 54.4 Å². The summed E-state index contributed by atoms with van der Waals surface area (Å²) in [6, 6.07) is 16.5. The lowest BCUT2D eigenvalue weighted by Gasteiger charge is -2.37. The molecule has 4 rings (SSSR count). The Morgan fingerprint density at radius 1 is 1.04 bits per heavy atom. The number of piperazine rings is 1. The second kappa shape index (κ2) is 7.62. The normalized spacial score (nSPS) is 16.6. The van der Waals surface area contributed by atoms with Crippen molar-refractivity contribution >= 4 is 16.6 Å². The van der Waals surface area contributed by atoms with E-state index in [9.17, 15) is 5.11 Å². The number of β-amino-alcohol motifs (C(OH)–C–C–N with tert-alkyl or cyclic N) is 1. The average molecular weight is 365 g/mol. The largest absolute Gasteiger partial charge is 0.497 e. The van der Waals surface area contributed by atoms with Crippen LogP contribution in [0.25, 0.3) is 10.9 Å². The lowest BCUT2D eigenvalue weighted by Crippen LogP contribution is -2.47. The second-order valence-corrected chi connectivity index (χ2v) is 7.22. The van der Waals surface area contributed by atoms with Crippen molar-refractivity contribution in [1.82, 2.24) is 9.47 Å². The predicted octanol–water partition coefficient (Wildman–Crippen LogP) is 3.04. The van der Waals surface area contributed by atoms with Gasteiger partial charge in [0.2, 0.25) is 0 Å². The Kier molecular flexibility index (Phi) is 5.05. The first-order chi connectivity index (χ1) is 13.2. The number of anilines is 1. The van der Waals surface area contributed by atoms with Gasteiger partial charge < -0.3 is 19.3 Å². The minimum atomic E-state index is -0.473. The zero-order valence-electron chi connectivity index (χ0n) is 16.0. The molecule has 0 saturated carbocycles. The molecule has 1 aliphatic heterocycles. The fourth-order valence-electron chi connectivity index (χ4n) is 3.98. The van der Waals surface area contributed by atoms with Crippen molar-refractivity contribution in [2.45, 2.75) is 6.10 Å². The lowest BCUT2D eigenvalue weighted by atomic mass is 10.1. The predicted molar refractivity (Wildman–Crippen MR) is 110 cm³/mol. The van der Waals surface area contributed by atoms with Gasteiger partial charge in [-0.15, -0.1) is 0 Å². The molecular formula is C22H27N3O2. The first-order valence-electron chi connectivity index (χ1n) is 9.49. The van der Waals surface area contributed by atoms with Crippen LogP contribution in [-0.2, 0) is 7.05 Å². The van der Waals surface area contributed by atoms with Crippen LogP contribution >= 0.6 is 0 Å². The maximum absolute atomic E-state index is 10.9. The molecule has 5 heteroatoms. The van der Waals surface area contributed by atoms with E-state index in [0.717, 1.165) is 48.4 Å². The molecule has 1 aliphatic rings. The van der Waals surface area contributed by atoms with Crippen molar-refractivity contribution in [3.05, 3.63) is 60.3 Å². The molecule has 1 saturated heterocycles. The minimum Gasteiger partial charge on any atom is -0.497 e. The highest BCUT2D eigenvalue weighted by atomic mass is 16.5. The van der Waals surface area contributed by atoms with E-state index in [-0.39, 0.29) is 0 Å². The molecule has 27 heavy (non-hydrogen) atoms. The second-order valence-electron chi connectivity index (χ2n) is 7.22. The van der Waals surface area contributed by atoms with Gasteiger partial charge in [-0.25, -0.2) is 0 Å². The van der Waals surface area contributed by atoms with E-state index in [4.69, 9.17) is 4.74 Å². The van der Waals surface area contributed by atoms with Crippen molar-refractivity contribution < 1.29 is 9.84 Å². The first-order valence-corrected chi connectivity index (χ1v) is 9.49. The van der Waals surface area contributed by atoms with Gasteiger partial charge in [-0.2, -0.15) is 0 Å². The molecule has 0 radical (unpaired) electrons. The standard InChI is InChI=1S/C22H27N3O2/c1-23-15-20(19-8-3-4-9-21(19)23)22(26)16-24-10-12-25(13-11-24)17-6-5-7-18(14-17)27-2/h3-9,14-15,22,26H,10-13,16H2,1-2H3/t22-/m0/s1. The maximum Gasteiger partial charge on any atom is 0.120 e. The van der Waals surface area contributed by atoms with Crippen molar-refractivity contribution in [3.8, 4) is 5.75 Å². The number of fused-ring (bicyclic) bond motifs is 1. The van der Waals surface area contributed by atoms with E-state index >= 15 is 0 Å². The summed E-state index contributed by atoms with van der Waals surface area (Å²) in [6.45, 7) is 4.46. The molecule has 1 atom stereocenters. The van der Waals surface area contributed by atoms with Gasteiger partial charge in [0.05, 0.1) is 13.2 Å². The number of aryl methyl sites for hydroxylation is 1. The molecule has 5 nitrogen and oxygen atoms in total. The number of benzene rings is 2. The molecule has 0 amide bonds. The fraction of sp³-hybridized carbons (Fsp3) is 0.364. The van der Waals surface area contributed by atoms with Gasteiger partial charge in [-0.3, -0.25) is 4.90 Å². The molecule has 1 aromatic heterocycles. The number of aromatic nitrogens is 1. The molecule has 1 N–H and O–H groups in total. The molecule has 3 aromatic rings. The monoisotopic (exact) mass is 365 g/mol. The summed E-state index contributed by atoms with van der Waals surface area (Å²) in [6.07, 6.45) is 1.58. The summed E-state index contributed by atoms with van der Waals surface area (Å²) < 4.78 is 7.43. The van der Waals surface area contributed by atoms with E-state index in [1.165, 1.54) is 5.69 Å². The molecule has 0 spiro atoms. The van der Waals surface area contributed by atoms with Crippen LogP contribution in [0.15, 0.2) is 54.7 Å². The number of para-hydroxylation sites is 1. The molecular weight excluding hydrogens is 338 g/mol. The number of ether oxygens (including phenoxy) is 1. The fourth-order valence-corrected chi connectivity index (χ4v) is 3.98. The Morgan fingerprint density at radius 2 is 1.81 bits per heavy atom. The molecule has 0 aliphatic carbocycles. The number of hydrogen-bond acceptors (Lipinski definition) is 4. The SMILES string of the molecule is COc1cccc(N2CCN(C[C@H](O)c3cn(C)c4ccccc34)CC2)c1. The van der Waals surface area contributed by atoms with E-state index in [1.54, 1.807) is 7.11 Å². The summed E-state index contributed by atoms with van der Waals surface area (Å²) in [4.78, 5) is 4.73. The highest BCUT2D eigenvalue weighted by molar-refractivity contribution is 5.84. The number of nitrogens with zero attached hydrogens (tertiary/aromatic N) is 3. The van der Waals surface area contributed by atoms with Crippen LogP contribution in [0.5, 0.6) is 5.75 Å². The van der Waals surface area contributed by atoms with Gasteiger partial charge in [0.1, 0.15) is 5.75 Å². The smallest absolute Gasteiger partial charge is 0.120 e. The van der Waals surface area contributed by atoms with Crippen LogP contribution in [0.4, 0.5) is 5.69 Å². The topological polar surface area (TPSA) is 40.9 Å². The van der Waals surface area contributed by atoms with Crippen molar-refractivity contribution in [3.63, 3.8) is 0 Å². The van der Waals surface area contributed by atoms with Gasteiger partial charge in [-0.05, 0) is 18.2 Å². The molecule has 0 bridgehead atoms. The molecule has 2 aromatic carbocycles. The third-order valence-electron chi connectivity index (χ3n) is 5.51. The highest BCUT2D eigenvalue weighted by Crippen LogP contribution is 2.27. The van der Waals surface area contributed by atoms with Crippen LogP contribution in [0.3, 0.4) is 0 Å². The van der Waals surface area contributed by atoms with Crippen molar-refractivity contribution in [2.75, 3.05) is 44.7 Å². The third-order valence-corrected chi connectivity index (χ3v) is 5.51. The summed E-state index contributed by atoms with van der Waals surface area (Å²) in [5, 5.41) is 12.0. The minimum absolute atomic E-state index is 0.473. The quantitative estimate of drug-likeness (QED) is 0.755. The summed E-state index contributed by atoms with van der Waals surface area (Å²) in [7, 11) is 3.73. The Labute approximate surface area is 160 Å².